The summed E-state index contributed by atoms with van der Waals surface area (Å²) in [5, 5.41) is 4.67. The van der Waals surface area contributed by atoms with Crippen molar-refractivity contribution in [2.24, 2.45) is 9.98 Å². The van der Waals surface area contributed by atoms with Gasteiger partial charge in [0.05, 0.1) is 22.4 Å². The van der Waals surface area contributed by atoms with E-state index in [4.69, 9.17) is 14.4 Å². The Balaban J connectivity index is 1.01. The summed E-state index contributed by atoms with van der Waals surface area (Å²) in [7, 11) is 0. The first-order valence-electron chi connectivity index (χ1n) is 19.9. The molecule has 0 bridgehead atoms. The van der Waals surface area contributed by atoms with Crippen LogP contribution in [-0.2, 0) is 0 Å². The summed E-state index contributed by atoms with van der Waals surface area (Å²) < 4.78 is 8.88. The zero-order chi connectivity index (χ0) is 38.4. The number of hydrogen-bond donors (Lipinski definition) is 0. The van der Waals surface area contributed by atoms with Gasteiger partial charge < -0.3 is 8.98 Å². The molecule has 2 aromatic heterocycles. The summed E-state index contributed by atoms with van der Waals surface area (Å²) in [6.45, 7) is 0. The molecule has 0 unspecified atom stereocenters. The molecule has 0 radical (unpaired) electrons. The molecule has 11 rings (SSSR count). The van der Waals surface area contributed by atoms with Crippen molar-refractivity contribution in [3.05, 3.63) is 217 Å². The fraction of sp³-hybridized carbons (Fsp3) is 0.0370. The van der Waals surface area contributed by atoms with Gasteiger partial charge in [-0.1, -0.05) is 146 Å². The van der Waals surface area contributed by atoms with Gasteiger partial charge in [0, 0.05) is 38.4 Å². The summed E-state index contributed by atoms with van der Waals surface area (Å²) in [6.07, 6.45) is 3.92. The van der Waals surface area contributed by atoms with Crippen LogP contribution in [0.5, 0.6) is 0 Å². The van der Waals surface area contributed by atoms with Gasteiger partial charge in [-0.25, -0.2) is 9.98 Å². The molecular formula is C54H37N3O. The Morgan fingerprint density at radius 1 is 0.431 bits per heavy atom. The molecule has 3 heterocycles. The monoisotopic (exact) mass is 743 g/mol. The van der Waals surface area contributed by atoms with Crippen molar-refractivity contribution < 1.29 is 4.42 Å². The zero-order valence-electron chi connectivity index (χ0n) is 31.7. The standard InChI is InChI=1S/C54H37N3O/c1-4-15-36(16-5-1)47-25-14-26-48(56-54(55-47)37-17-6-2-7-18-37)41-20-12-19-40(33-41)43-24-13-28-52-53(43)46-35-39(30-32-51(46)58-52)38-29-31-50-45(34-38)44-23-10-11-27-49(44)57(50)42-21-8-3-9-22-42/h1-13,15-24,26-35H,14,25H2. The SMILES string of the molecule is C1=C(c2cccc(-c3cccc4oc5ccc(-c6ccc7c(c6)c6ccccc6n7-c6ccccc6)cc5c34)c2)N=C(c2ccccc2)N=C(c2ccccc2)CC1. The van der Waals surface area contributed by atoms with Crippen molar-refractivity contribution in [1.82, 2.24) is 4.57 Å². The van der Waals surface area contributed by atoms with Crippen LogP contribution in [-0.4, -0.2) is 16.1 Å². The van der Waals surface area contributed by atoms with E-state index in [1.165, 1.54) is 27.4 Å². The van der Waals surface area contributed by atoms with Crippen LogP contribution in [0.4, 0.5) is 0 Å². The van der Waals surface area contributed by atoms with Crippen molar-refractivity contribution in [2.45, 2.75) is 12.8 Å². The Bertz CT molecular complexity index is 3260. The lowest BCUT2D eigenvalue weighted by atomic mass is 9.95. The molecule has 10 aromatic rings. The van der Waals surface area contributed by atoms with E-state index in [-0.39, 0.29) is 0 Å². The molecule has 274 valence electrons. The van der Waals surface area contributed by atoms with Gasteiger partial charge in [0.25, 0.3) is 0 Å². The minimum absolute atomic E-state index is 0.717. The molecule has 0 aliphatic carbocycles. The average molecular weight is 744 g/mol. The molecule has 0 saturated carbocycles. The second-order valence-corrected chi connectivity index (χ2v) is 14.8. The number of furan rings is 1. The Hall–Kier alpha value is -7.56. The second-order valence-electron chi connectivity index (χ2n) is 14.8. The Morgan fingerprint density at radius 3 is 1.91 bits per heavy atom. The molecule has 4 nitrogen and oxygen atoms in total. The van der Waals surface area contributed by atoms with Crippen LogP contribution in [0.25, 0.3) is 77.4 Å². The van der Waals surface area contributed by atoms with E-state index >= 15 is 0 Å². The molecule has 0 fully saturated rings. The van der Waals surface area contributed by atoms with Gasteiger partial charge in [-0.3, -0.25) is 0 Å². The van der Waals surface area contributed by atoms with E-state index in [2.05, 4.69) is 181 Å². The number of amidine groups is 1. The summed E-state index contributed by atoms with van der Waals surface area (Å²) >= 11 is 0. The van der Waals surface area contributed by atoms with Crippen LogP contribution in [0.3, 0.4) is 0 Å². The molecular weight excluding hydrogens is 707 g/mol. The molecule has 8 aromatic carbocycles. The lowest BCUT2D eigenvalue weighted by molar-refractivity contribution is 0.669. The van der Waals surface area contributed by atoms with E-state index in [0.717, 1.165) is 85.3 Å². The third kappa shape index (κ3) is 5.94. The summed E-state index contributed by atoms with van der Waals surface area (Å²) in [6, 6.07) is 68.5. The molecule has 58 heavy (non-hydrogen) atoms. The summed E-state index contributed by atoms with van der Waals surface area (Å²) in [4.78, 5) is 10.5. The fourth-order valence-electron chi connectivity index (χ4n) is 8.55. The summed E-state index contributed by atoms with van der Waals surface area (Å²) in [5.74, 6) is 0.717. The van der Waals surface area contributed by atoms with Gasteiger partial charge in [0.15, 0.2) is 5.84 Å². The maximum atomic E-state index is 6.52. The first-order chi connectivity index (χ1) is 28.7. The van der Waals surface area contributed by atoms with Crippen molar-refractivity contribution in [1.29, 1.82) is 0 Å². The van der Waals surface area contributed by atoms with E-state index < -0.39 is 0 Å². The lowest BCUT2D eigenvalue weighted by Gasteiger charge is -2.14. The van der Waals surface area contributed by atoms with Gasteiger partial charge >= 0.3 is 0 Å². The van der Waals surface area contributed by atoms with Crippen LogP contribution < -0.4 is 0 Å². The van der Waals surface area contributed by atoms with Crippen LogP contribution in [0, 0.1) is 0 Å². The number of nitrogens with zero attached hydrogens (tertiary/aromatic N) is 3. The topological polar surface area (TPSA) is 42.8 Å². The van der Waals surface area contributed by atoms with Crippen molar-refractivity contribution in [3.63, 3.8) is 0 Å². The molecule has 0 spiro atoms. The lowest BCUT2D eigenvalue weighted by Crippen LogP contribution is -2.09. The highest BCUT2D eigenvalue weighted by Crippen LogP contribution is 2.41. The number of fused-ring (bicyclic) bond motifs is 6. The normalized spacial score (nSPS) is 13.3. The number of para-hydroxylation sites is 2. The van der Waals surface area contributed by atoms with E-state index in [9.17, 15) is 0 Å². The van der Waals surface area contributed by atoms with Gasteiger partial charge in [0.1, 0.15) is 11.2 Å². The number of aliphatic imine (C=N–C) groups is 2. The molecule has 0 amide bonds. The van der Waals surface area contributed by atoms with Gasteiger partial charge in [-0.05, 0) is 95.3 Å². The van der Waals surface area contributed by atoms with Crippen molar-refractivity contribution in [2.75, 3.05) is 0 Å². The minimum Gasteiger partial charge on any atom is -0.456 e. The minimum atomic E-state index is 0.717. The predicted molar refractivity (Wildman–Crippen MR) is 242 cm³/mol. The summed E-state index contributed by atoms with van der Waals surface area (Å²) in [5.41, 5.74) is 15.0. The zero-order valence-corrected chi connectivity index (χ0v) is 31.7. The molecule has 0 atom stereocenters. The first-order valence-corrected chi connectivity index (χ1v) is 19.9. The van der Waals surface area contributed by atoms with Crippen molar-refractivity contribution >= 4 is 61.0 Å². The molecule has 1 aliphatic rings. The maximum Gasteiger partial charge on any atom is 0.160 e. The number of benzene rings is 8. The third-order valence-electron chi connectivity index (χ3n) is 11.3. The molecule has 4 heteroatoms. The van der Waals surface area contributed by atoms with Gasteiger partial charge in [-0.15, -0.1) is 0 Å². The quantitative estimate of drug-likeness (QED) is 0.167. The Morgan fingerprint density at radius 2 is 1.09 bits per heavy atom. The number of aromatic nitrogens is 1. The third-order valence-corrected chi connectivity index (χ3v) is 11.3. The van der Waals surface area contributed by atoms with Crippen molar-refractivity contribution in [3.8, 4) is 27.9 Å². The predicted octanol–water partition coefficient (Wildman–Crippen LogP) is 14.1. The van der Waals surface area contributed by atoms with E-state index in [1.807, 2.05) is 24.3 Å². The average Bonchev–Trinajstić information content (AvgIpc) is 3.83. The number of hydrogen-bond acceptors (Lipinski definition) is 3. The second kappa shape index (κ2) is 14.2. The van der Waals surface area contributed by atoms with Gasteiger partial charge in [0.2, 0.25) is 0 Å². The fourth-order valence-corrected chi connectivity index (χ4v) is 8.55. The molecule has 0 saturated heterocycles. The smallest absolute Gasteiger partial charge is 0.160 e. The number of rotatable bonds is 6. The highest BCUT2D eigenvalue weighted by molar-refractivity contribution is 6.16. The highest BCUT2D eigenvalue weighted by atomic mass is 16.3. The molecule has 1 aliphatic heterocycles. The van der Waals surface area contributed by atoms with E-state index in [1.54, 1.807) is 0 Å². The van der Waals surface area contributed by atoms with Crippen LogP contribution in [0.1, 0.15) is 29.5 Å². The van der Waals surface area contributed by atoms with Crippen LogP contribution >= 0.6 is 0 Å². The first kappa shape index (κ1) is 33.8. The highest BCUT2D eigenvalue weighted by Gasteiger charge is 2.18. The van der Waals surface area contributed by atoms with E-state index in [0.29, 0.717) is 5.84 Å². The van der Waals surface area contributed by atoms with Crippen LogP contribution in [0.2, 0.25) is 0 Å². The largest absolute Gasteiger partial charge is 0.456 e. The van der Waals surface area contributed by atoms with Crippen LogP contribution in [0.15, 0.2) is 215 Å². The number of allylic oxidation sites excluding steroid dienone is 1. The maximum absolute atomic E-state index is 6.52. The Labute approximate surface area is 336 Å². The molecule has 0 N–H and O–H groups in total. The van der Waals surface area contributed by atoms with Gasteiger partial charge in [-0.2, -0.15) is 0 Å². The Kier molecular flexibility index (Phi) is 8.25.